The van der Waals surface area contributed by atoms with E-state index in [0.717, 1.165) is 18.6 Å². The Labute approximate surface area is 150 Å². The van der Waals surface area contributed by atoms with Gasteiger partial charge in [-0.25, -0.2) is 9.78 Å². The number of carbonyl (C=O) groups excluding carboxylic acids is 1. The number of nitrogens with one attached hydrogen (secondary N) is 2. The van der Waals surface area contributed by atoms with E-state index in [-0.39, 0.29) is 17.6 Å². The highest BCUT2D eigenvalue weighted by atomic mass is 16.5. The number of hydrogen-bond donors (Lipinski definition) is 2. The molecule has 2 heterocycles. The number of imidazole rings is 1. The van der Waals surface area contributed by atoms with Gasteiger partial charge in [0.2, 0.25) is 0 Å². The van der Waals surface area contributed by atoms with Gasteiger partial charge < -0.3 is 14.6 Å². The zero-order chi connectivity index (χ0) is 18.3. The van der Waals surface area contributed by atoms with Crippen molar-refractivity contribution in [2.45, 2.75) is 24.8 Å². The van der Waals surface area contributed by atoms with E-state index in [1.54, 1.807) is 18.1 Å². The van der Waals surface area contributed by atoms with Gasteiger partial charge in [0.25, 0.3) is 5.91 Å². The molecule has 4 rings (SSSR count). The second-order valence-electron chi connectivity index (χ2n) is 6.71. The number of benzene rings is 1. The highest BCUT2D eigenvalue weighted by Crippen LogP contribution is 2.40. The number of ether oxygens (including phenoxy) is 1. The van der Waals surface area contributed by atoms with E-state index < -0.39 is 0 Å². The maximum Gasteiger partial charge on any atom is 0.325 e. The molecule has 1 aromatic carbocycles. The van der Waals surface area contributed by atoms with Gasteiger partial charge in [-0.3, -0.25) is 9.78 Å². The molecule has 0 atom stereocenters. The van der Waals surface area contributed by atoms with Crippen LogP contribution < -0.4 is 10.4 Å². The lowest BCUT2D eigenvalue weighted by Crippen LogP contribution is -2.44. The second kappa shape index (κ2) is 6.33. The molecule has 0 unspecified atom stereocenters. The Hall–Kier alpha value is -3.09. The number of hydrogen-bond acceptors (Lipinski definition) is 4. The van der Waals surface area contributed by atoms with Gasteiger partial charge in [-0.15, -0.1) is 0 Å². The molecule has 26 heavy (non-hydrogen) atoms. The van der Waals surface area contributed by atoms with Crippen molar-refractivity contribution in [2.24, 2.45) is 0 Å². The molecule has 2 aromatic heterocycles. The molecule has 1 aliphatic carbocycles. The number of H-pyrrole nitrogens is 2. The van der Waals surface area contributed by atoms with Crippen LogP contribution in [-0.4, -0.2) is 46.0 Å². The van der Waals surface area contributed by atoms with E-state index >= 15 is 0 Å². The minimum absolute atomic E-state index is 0.0875. The molecule has 7 nitrogen and oxygen atoms in total. The number of rotatable bonds is 4. The molecule has 0 radical (unpaired) electrons. The molecule has 0 bridgehead atoms. The molecular weight excluding hydrogens is 332 g/mol. The Balaban J connectivity index is 1.45. The predicted molar refractivity (Wildman–Crippen MR) is 97.6 cm³/mol. The molecule has 3 aromatic rings. The number of nitrogens with zero attached hydrogens (tertiary/aromatic N) is 2. The van der Waals surface area contributed by atoms with Gasteiger partial charge in [0.05, 0.1) is 18.2 Å². The van der Waals surface area contributed by atoms with Crippen LogP contribution in [0.4, 0.5) is 0 Å². The van der Waals surface area contributed by atoms with Crippen molar-refractivity contribution >= 4 is 17.1 Å². The smallest absolute Gasteiger partial charge is 0.325 e. The lowest BCUT2D eigenvalue weighted by atomic mass is 9.75. The van der Waals surface area contributed by atoms with Crippen LogP contribution in [0.1, 0.15) is 34.7 Å². The van der Waals surface area contributed by atoms with Crippen molar-refractivity contribution < 1.29 is 9.53 Å². The minimum Gasteiger partial charge on any atom is -0.497 e. The Bertz CT molecular complexity index is 1020. The predicted octanol–water partition coefficient (Wildman–Crippen LogP) is 2.28. The van der Waals surface area contributed by atoms with Crippen LogP contribution in [0, 0.1) is 0 Å². The first-order chi connectivity index (χ1) is 12.5. The van der Waals surface area contributed by atoms with Crippen molar-refractivity contribution in [2.75, 3.05) is 14.2 Å². The van der Waals surface area contributed by atoms with Crippen LogP contribution in [0.25, 0.3) is 11.2 Å². The standard InChI is InChI=1S/C19H20N4O3/c1-23(14-6-12(7-14)11-4-3-5-15(8-11)26-2)18(24)13-9-16-17(20-10-13)22-19(25)21-16/h3-5,8-10,12,14H,6-7H2,1-2H3,(H2,20,21,22,25). The van der Waals surface area contributed by atoms with Crippen molar-refractivity contribution in [1.82, 2.24) is 19.9 Å². The van der Waals surface area contributed by atoms with E-state index in [4.69, 9.17) is 4.74 Å². The molecule has 0 spiro atoms. The van der Waals surface area contributed by atoms with E-state index in [9.17, 15) is 9.59 Å². The Kier molecular flexibility index (Phi) is 3.99. The maximum absolute atomic E-state index is 12.7. The van der Waals surface area contributed by atoms with E-state index in [1.807, 2.05) is 19.2 Å². The normalized spacial score (nSPS) is 19.2. The minimum atomic E-state index is -0.328. The molecule has 1 fully saturated rings. The first kappa shape index (κ1) is 16.4. The summed E-state index contributed by atoms with van der Waals surface area (Å²) in [6, 6.07) is 9.95. The lowest BCUT2D eigenvalue weighted by molar-refractivity contribution is 0.0620. The molecular formula is C19H20N4O3. The molecule has 7 heteroatoms. The van der Waals surface area contributed by atoms with Gasteiger partial charge in [-0.1, -0.05) is 12.1 Å². The van der Waals surface area contributed by atoms with E-state index in [2.05, 4.69) is 27.1 Å². The van der Waals surface area contributed by atoms with Gasteiger partial charge in [-0.2, -0.15) is 0 Å². The molecule has 1 amide bonds. The Morgan fingerprint density at radius 3 is 2.85 bits per heavy atom. The fourth-order valence-corrected chi connectivity index (χ4v) is 3.48. The Morgan fingerprint density at radius 1 is 1.27 bits per heavy atom. The van der Waals surface area contributed by atoms with Crippen LogP contribution >= 0.6 is 0 Å². The van der Waals surface area contributed by atoms with Crippen LogP contribution in [-0.2, 0) is 0 Å². The third kappa shape index (κ3) is 2.85. The second-order valence-corrected chi connectivity index (χ2v) is 6.71. The van der Waals surface area contributed by atoms with Crippen LogP contribution in [0.15, 0.2) is 41.3 Å². The van der Waals surface area contributed by atoms with Gasteiger partial charge in [-0.05, 0) is 42.5 Å². The summed E-state index contributed by atoms with van der Waals surface area (Å²) in [4.78, 5) is 35.2. The summed E-state index contributed by atoms with van der Waals surface area (Å²) >= 11 is 0. The van der Waals surface area contributed by atoms with Crippen molar-refractivity contribution in [3.05, 3.63) is 58.1 Å². The highest BCUT2D eigenvalue weighted by molar-refractivity contribution is 5.96. The molecule has 2 N–H and O–H groups in total. The quantitative estimate of drug-likeness (QED) is 0.754. The third-order valence-corrected chi connectivity index (χ3v) is 5.16. The zero-order valence-corrected chi connectivity index (χ0v) is 14.7. The monoisotopic (exact) mass is 352 g/mol. The average Bonchev–Trinajstić information content (AvgIpc) is 2.99. The summed E-state index contributed by atoms with van der Waals surface area (Å²) in [6.07, 6.45) is 3.35. The molecule has 134 valence electrons. The van der Waals surface area contributed by atoms with E-state index in [0.29, 0.717) is 22.6 Å². The van der Waals surface area contributed by atoms with Crippen LogP contribution in [0.5, 0.6) is 5.75 Å². The average molecular weight is 352 g/mol. The summed E-state index contributed by atoms with van der Waals surface area (Å²) in [5, 5.41) is 0. The molecule has 1 saturated carbocycles. The molecule has 0 aliphatic heterocycles. The Morgan fingerprint density at radius 2 is 2.08 bits per heavy atom. The van der Waals surface area contributed by atoms with Crippen molar-refractivity contribution in [3.8, 4) is 5.75 Å². The number of aromatic amines is 2. The molecule has 0 saturated heterocycles. The first-order valence-electron chi connectivity index (χ1n) is 8.54. The van der Waals surface area contributed by atoms with Crippen molar-refractivity contribution in [3.63, 3.8) is 0 Å². The SMILES string of the molecule is COc1cccc(C2CC(N(C)C(=O)c3cnc4[nH]c(=O)[nH]c4c3)C2)c1. The van der Waals surface area contributed by atoms with Crippen LogP contribution in [0.3, 0.4) is 0 Å². The maximum atomic E-state index is 12.7. The zero-order valence-electron chi connectivity index (χ0n) is 14.7. The molecule has 1 aliphatic rings. The summed E-state index contributed by atoms with van der Waals surface area (Å²) in [5.74, 6) is 1.21. The first-order valence-corrected chi connectivity index (χ1v) is 8.54. The number of carbonyl (C=O) groups is 1. The number of fused-ring (bicyclic) bond motifs is 1. The van der Waals surface area contributed by atoms with Gasteiger partial charge >= 0.3 is 5.69 Å². The topological polar surface area (TPSA) is 91.1 Å². The van der Waals surface area contributed by atoms with Gasteiger partial charge in [0.15, 0.2) is 5.65 Å². The van der Waals surface area contributed by atoms with Gasteiger partial charge in [0, 0.05) is 19.3 Å². The summed E-state index contributed by atoms with van der Waals surface area (Å²) in [6.45, 7) is 0. The largest absolute Gasteiger partial charge is 0.497 e. The fraction of sp³-hybridized carbons (Fsp3) is 0.316. The third-order valence-electron chi connectivity index (χ3n) is 5.16. The number of pyridine rings is 1. The summed E-state index contributed by atoms with van der Waals surface area (Å²) < 4.78 is 5.28. The number of methoxy groups -OCH3 is 1. The number of amides is 1. The highest BCUT2D eigenvalue weighted by Gasteiger charge is 2.35. The van der Waals surface area contributed by atoms with Gasteiger partial charge in [0.1, 0.15) is 5.75 Å². The fourth-order valence-electron chi connectivity index (χ4n) is 3.48. The van der Waals surface area contributed by atoms with Crippen molar-refractivity contribution in [1.29, 1.82) is 0 Å². The summed E-state index contributed by atoms with van der Waals surface area (Å²) in [5.41, 5.74) is 2.38. The lowest BCUT2D eigenvalue weighted by Gasteiger charge is -2.41. The number of aromatic nitrogens is 3. The van der Waals surface area contributed by atoms with Crippen LogP contribution in [0.2, 0.25) is 0 Å². The summed E-state index contributed by atoms with van der Waals surface area (Å²) in [7, 11) is 3.48. The van der Waals surface area contributed by atoms with E-state index in [1.165, 1.54) is 11.8 Å².